The van der Waals surface area contributed by atoms with E-state index in [1.54, 1.807) is 6.20 Å². The molecule has 1 aromatic rings. The molecule has 1 aromatic heterocycles. The number of nitrogens with one attached hydrogen (secondary N) is 1. The monoisotopic (exact) mass is 242 g/mol. The molecule has 1 saturated carbocycles. The van der Waals surface area contributed by atoms with Gasteiger partial charge in [-0.1, -0.05) is 11.7 Å². The molecule has 3 nitrogen and oxygen atoms in total. The van der Waals surface area contributed by atoms with Gasteiger partial charge in [-0.2, -0.15) is 0 Å². The summed E-state index contributed by atoms with van der Waals surface area (Å²) in [5.74, 6) is 0.733. The molecule has 0 bridgehead atoms. The maximum Gasteiger partial charge on any atom is 0.213 e. The lowest BCUT2D eigenvalue weighted by Crippen LogP contribution is -2.44. The molecule has 2 rings (SSSR count). The van der Waals surface area contributed by atoms with Crippen LogP contribution >= 0.6 is 22.6 Å². The van der Waals surface area contributed by atoms with Gasteiger partial charge in [-0.15, -0.1) is 0 Å². The molecule has 1 aliphatic rings. The molecule has 1 aliphatic carbocycles. The molecule has 0 unspecified atom stereocenters. The Morgan fingerprint density at radius 3 is 3.07 bits per heavy atom. The summed E-state index contributed by atoms with van der Waals surface area (Å²) >= 11 is 4.04. The number of hydrogen-bond acceptors (Lipinski definition) is 5. The number of rotatable bonds is 4. The molecule has 0 saturated heterocycles. The lowest BCUT2D eigenvalue weighted by atomic mass is 9.90. The van der Waals surface area contributed by atoms with Gasteiger partial charge < -0.3 is 4.74 Å². The molecule has 0 aliphatic heterocycles. The van der Waals surface area contributed by atoms with E-state index in [0.29, 0.717) is 12.1 Å². The van der Waals surface area contributed by atoms with E-state index in [1.165, 1.54) is 16.5 Å². The Morgan fingerprint density at radius 1 is 1.60 bits per heavy atom. The molecule has 0 aromatic carbocycles. The number of nitrogens with zero attached hydrogens (tertiary/aromatic N) is 1. The Bertz CT molecular complexity index is 329. The predicted octanol–water partition coefficient (Wildman–Crippen LogP) is 2.38. The Labute approximate surface area is 98.9 Å². The number of hydrogen-bond donors (Lipinski definition) is 2. The average molecular weight is 242 g/mol. The zero-order valence-electron chi connectivity index (χ0n) is 8.51. The SMILES string of the molecule is Cc1ccnc(OC2CC(NSS)C2)c1. The van der Waals surface area contributed by atoms with Crippen molar-refractivity contribution in [2.24, 2.45) is 0 Å². The van der Waals surface area contributed by atoms with Crippen molar-refractivity contribution in [3.05, 3.63) is 23.9 Å². The average Bonchev–Trinajstić information content (AvgIpc) is 2.15. The minimum atomic E-state index is 0.303. The summed E-state index contributed by atoms with van der Waals surface area (Å²) < 4.78 is 8.91. The highest BCUT2D eigenvalue weighted by atomic mass is 33.1. The maximum atomic E-state index is 5.72. The third kappa shape index (κ3) is 3.03. The van der Waals surface area contributed by atoms with Gasteiger partial charge in [-0.3, -0.25) is 4.72 Å². The summed E-state index contributed by atoms with van der Waals surface area (Å²) in [7, 11) is 1.37. The molecule has 0 radical (unpaired) electrons. The van der Waals surface area contributed by atoms with Gasteiger partial charge in [0.2, 0.25) is 5.88 Å². The molecule has 1 N–H and O–H groups in total. The first-order valence-corrected chi connectivity index (χ1v) is 6.80. The molecule has 0 atom stereocenters. The highest BCUT2D eigenvalue weighted by molar-refractivity contribution is 8.67. The Morgan fingerprint density at radius 2 is 2.40 bits per heavy atom. The third-order valence-electron chi connectivity index (χ3n) is 2.49. The van der Waals surface area contributed by atoms with Gasteiger partial charge in [-0.25, -0.2) is 4.98 Å². The van der Waals surface area contributed by atoms with Crippen molar-refractivity contribution in [1.29, 1.82) is 0 Å². The van der Waals surface area contributed by atoms with Crippen LogP contribution in [0.3, 0.4) is 0 Å². The minimum Gasteiger partial charge on any atom is -0.474 e. The van der Waals surface area contributed by atoms with Crippen LogP contribution in [0.2, 0.25) is 0 Å². The summed E-state index contributed by atoms with van der Waals surface area (Å²) in [4.78, 5) is 4.17. The van der Waals surface area contributed by atoms with Crippen molar-refractivity contribution in [1.82, 2.24) is 9.71 Å². The van der Waals surface area contributed by atoms with Crippen LogP contribution in [0.25, 0.3) is 0 Å². The van der Waals surface area contributed by atoms with Crippen LogP contribution < -0.4 is 9.46 Å². The Balaban J connectivity index is 1.80. The second kappa shape index (κ2) is 5.09. The fourth-order valence-corrected chi connectivity index (χ4v) is 2.37. The predicted molar refractivity (Wildman–Crippen MR) is 66.1 cm³/mol. The minimum absolute atomic E-state index is 0.303. The summed E-state index contributed by atoms with van der Waals surface area (Å²) in [6, 6.07) is 4.46. The van der Waals surface area contributed by atoms with E-state index in [0.717, 1.165) is 18.7 Å². The Kier molecular flexibility index (Phi) is 3.77. The lowest BCUT2D eigenvalue weighted by Gasteiger charge is -2.34. The number of aryl methyl sites for hydroxylation is 1. The summed E-state index contributed by atoms with van der Waals surface area (Å²) in [6.07, 6.45) is 4.15. The van der Waals surface area contributed by atoms with Crippen LogP contribution in [-0.4, -0.2) is 17.1 Å². The zero-order chi connectivity index (χ0) is 10.7. The van der Waals surface area contributed by atoms with Gasteiger partial charge in [0.05, 0.1) is 0 Å². The maximum absolute atomic E-state index is 5.72. The first kappa shape index (κ1) is 11.1. The van der Waals surface area contributed by atoms with Gasteiger partial charge in [0.1, 0.15) is 6.10 Å². The molecule has 15 heavy (non-hydrogen) atoms. The summed E-state index contributed by atoms with van der Waals surface area (Å²) in [5.41, 5.74) is 1.18. The van der Waals surface area contributed by atoms with Crippen molar-refractivity contribution < 1.29 is 4.74 Å². The molecule has 1 fully saturated rings. The fourth-order valence-electron chi connectivity index (χ4n) is 1.58. The van der Waals surface area contributed by atoms with E-state index in [1.807, 2.05) is 19.1 Å². The number of ether oxygens (including phenoxy) is 1. The van der Waals surface area contributed by atoms with Gasteiger partial charge in [-0.05, 0) is 29.5 Å². The van der Waals surface area contributed by atoms with Gasteiger partial charge in [0, 0.05) is 31.1 Å². The van der Waals surface area contributed by atoms with E-state index < -0.39 is 0 Å². The zero-order valence-corrected chi connectivity index (χ0v) is 10.2. The fraction of sp³-hybridized carbons (Fsp3) is 0.500. The van der Waals surface area contributed by atoms with Crippen molar-refractivity contribution in [3.8, 4) is 5.88 Å². The molecule has 0 amide bonds. The van der Waals surface area contributed by atoms with Crippen molar-refractivity contribution >= 4 is 22.6 Å². The van der Waals surface area contributed by atoms with Crippen LogP contribution in [0.5, 0.6) is 5.88 Å². The first-order chi connectivity index (χ1) is 7.28. The number of thiol groups is 1. The largest absolute Gasteiger partial charge is 0.474 e. The van der Waals surface area contributed by atoms with Gasteiger partial charge in [0.25, 0.3) is 0 Å². The van der Waals surface area contributed by atoms with E-state index in [4.69, 9.17) is 4.74 Å². The van der Waals surface area contributed by atoms with E-state index in [-0.39, 0.29) is 0 Å². The molecular formula is C10H14N2OS2. The van der Waals surface area contributed by atoms with Crippen LogP contribution in [0.1, 0.15) is 18.4 Å². The molecule has 82 valence electrons. The van der Waals surface area contributed by atoms with Crippen molar-refractivity contribution in [2.45, 2.75) is 31.9 Å². The summed E-state index contributed by atoms with van der Waals surface area (Å²) in [5, 5.41) is 0. The normalized spacial score (nSPS) is 24.7. The molecule has 0 spiro atoms. The standard InChI is InChI=1S/C10H14N2OS2/c1-7-2-3-11-10(4-7)13-9-5-8(6-9)12-15-14/h2-4,8-9,12,14H,5-6H2,1H3. The topological polar surface area (TPSA) is 34.1 Å². The van der Waals surface area contributed by atoms with Crippen LogP contribution in [0.4, 0.5) is 0 Å². The Hall–Kier alpha value is -0.390. The van der Waals surface area contributed by atoms with Crippen molar-refractivity contribution in [3.63, 3.8) is 0 Å². The second-order valence-corrected chi connectivity index (χ2v) is 4.75. The highest BCUT2D eigenvalue weighted by Gasteiger charge is 2.30. The number of pyridine rings is 1. The molecular weight excluding hydrogens is 228 g/mol. The third-order valence-corrected chi connectivity index (χ3v) is 3.25. The van der Waals surface area contributed by atoms with Crippen LogP contribution in [0.15, 0.2) is 18.3 Å². The van der Waals surface area contributed by atoms with Crippen LogP contribution in [0, 0.1) is 6.92 Å². The van der Waals surface area contributed by atoms with Crippen LogP contribution in [-0.2, 0) is 0 Å². The van der Waals surface area contributed by atoms with Crippen molar-refractivity contribution in [2.75, 3.05) is 0 Å². The van der Waals surface area contributed by atoms with Gasteiger partial charge >= 0.3 is 0 Å². The lowest BCUT2D eigenvalue weighted by molar-refractivity contribution is 0.0909. The summed E-state index contributed by atoms with van der Waals surface area (Å²) in [6.45, 7) is 2.04. The first-order valence-electron chi connectivity index (χ1n) is 4.93. The number of aromatic nitrogens is 1. The quantitative estimate of drug-likeness (QED) is 0.482. The van der Waals surface area contributed by atoms with E-state index >= 15 is 0 Å². The second-order valence-electron chi connectivity index (χ2n) is 3.79. The van der Waals surface area contributed by atoms with E-state index in [9.17, 15) is 0 Å². The van der Waals surface area contributed by atoms with E-state index in [2.05, 4.69) is 21.4 Å². The molecule has 5 heteroatoms. The van der Waals surface area contributed by atoms with Gasteiger partial charge in [0.15, 0.2) is 0 Å². The highest BCUT2D eigenvalue weighted by Crippen LogP contribution is 2.26. The molecule has 1 heterocycles. The smallest absolute Gasteiger partial charge is 0.213 e.